The van der Waals surface area contributed by atoms with Crippen LogP contribution in [0.5, 0.6) is 0 Å². The number of nitrogens with one attached hydrogen (secondary N) is 1. The Kier molecular flexibility index (Phi) is 7.26. The van der Waals surface area contributed by atoms with Gasteiger partial charge in [-0.1, -0.05) is 24.3 Å². The molecule has 1 aliphatic rings. The summed E-state index contributed by atoms with van der Waals surface area (Å²) in [6.45, 7) is 10.5. The van der Waals surface area contributed by atoms with E-state index in [2.05, 4.69) is 60.2 Å². The summed E-state index contributed by atoms with van der Waals surface area (Å²) in [5, 5.41) is 3.48. The molecule has 0 aliphatic carbocycles. The van der Waals surface area contributed by atoms with E-state index in [1.165, 1.54) is 11.1 Å². The molecular weight excluding hydrogens is 314 g/mol. The first-order valence-corrected chi connectivity index (χ1v) is 9.07. The molecule has 0 radical (unpaired) electrons. The molecule has 0 aromatic heterocycles. The van der Waals surface area contributed by atoms with Crippen LogP contribution >= 0.6 is 0 Å². The zero-order chi connectivity index (χ0) is 18.3. The van der Waals surface area contributed by atoms with E-state index in [-0.39, 0.29) is 5.60 Å². The van der Waals surface area contributed by atoms with Gasteiger partial charge in [0.1, 0.15) is 0 Å². The third kappa shape index (κ3) is 6.67. The quantitative estimate of drug-likeness (QED) is 0.635. The smallest absolute Gasteiger partial charge is 0.193 e. The Morgan fingerprint density at radius 3 is 2.76 bits per heavy atom. The van der Waals surface area contributed by atoms with Crippen molar-refractivity contribution in [3.63, 3.8) is 0 Å². The van der Waals surface area contributed by atoms with E-state index in [4.69, 9.17) is 9.47 Å². The highest BCUT2D eigenvalue weighted by Gasteiger charge is 2.24. The van der Waals surface area contributed by atoms with Crippen molar-refractivity contribution in [2.45, 2.75) is 45.9 Å². The fraction of sp³-hybridized carbons (Fsp3) is 0.650. The molecule has 140 valence electrons. The van der Waals surface area contributed by atoms with Gasteiger partial charge in [-0.2, -0.15) is 0 Å². The first-order valence-electron chi connectivity index (χ1n) is 9.07. The highest BCUT2D eigenvalue weighted by molar-refractivity contribution is 5.80. The maximum Gasteiger partial charge on any atom is 0.193 e. The summed E-state index contributed by atoms with van der Waals surface area (Å²) in [6.07, 6.45) is 1.16. The molecule has 1 saturated heterocycles. The number of aliphatic imine (C=N–C) groups is 1. The molecule has 0 saturated carbocycles. The van der Waals surface area contributed by atoms with Crippen LogP contribution in [0.2, 0.25) is 0 Å². The molecule has 1 fully saturated rings. The highest BCUT2D eigenvalue weighted by Crippen LogP contribution is 2.17. The average Bonchev–Trinajstić information content (AvgIpc) is 3.02. The van der Waals surface area contributed by atoms with Gasteiger partial charge in [-0.05, 0) is 38.3 Å². The molecule has 0 spiro atoms. The molecule has 5 nitrogen and oxygen atoms in total. The van der Waals surface area contributed by atoms with E-state index in [1.807, 2.05) is 7.05 Å². The molecule has 1 aromatic rings. The number of methoxy groups -OCH3 is 1. The van der Waals surface area contributed by atoms with Gasteiger partial charge in [-0.15, -0.1) is 0 Å². The summed E-state index contributed by atoms with van der Waals surface area (Å²) in [7, 11) is 3.62. The van der Waals surface area contributed by atoms with Crippen LogP contribution in [0, 0.1) is 5.92 Å². The van der Waals surface area contributed by atoms with Crippen molar-refractivity contribution in [1.82, 2.24) is 10.2 Å². The maximum absolute atomic E-state index is 5.87. The van der Waals surface area contributed by atoms with E-state index in [0.29, 0.717) is 12.5 Å². The zero-order valence-corrected chi connectivity index (χ0v) is 16.3. The van der Waals surface area contributed by atoms with E-state index in [0.717, 1.165) is 38.6 Å². The summed E-state index contributed by atoms with van der Waals surface area (Å²) < 4.78 is 11.1. The fourth-order valence-electron chi connectivity index (χ4n) is 3.04. The van der Waals surface area contributed by atoms with Gasteiger partial charge in [-0.25, -0.2) is 0 Å². The van der Waals surface area contributed by atoms with Crippen molar-refractivity contribution in [3.05, 3.63) is 35.4 Å². The number of hydrogen-bond acceptors (Lipinski definition) is 3. The molecule has 1 heterocycles. The average molecular weight is 348 g/mol. The summed E-state index contributed by atoms with van der Waals surface area (Å²) >= 11 is 0. The van der Waals surface area contributed by atoms with Crippen LogP contribution in [0.1, 0.15) is 38.3 Å². The summed E-state index contributed by atoms with van der Waals surface area (Å²) in [5.41, 5.74) is 2.32. The first kappa shape index (κ1) is 19.7. The van der Waals surface area contributed by atoms with Gasteiger partial charge in [0.05, 0.1) is 18.8 Å². The maximum atomic E-state index is 5.87. The van der Waals surface area contributed by atoms with E-state index < -0.39 is 0 Å². The first-order chi connectivity index (χ1) is 11.9. The molecule has 1 unspecified atom stereocenters. The number of hydrogen-bond donors (Lipinski definition) is 1. The Hall–Kier alpha value is -1.59. The largest absolute Gasteiger partial charge is 0.384 e. The minimum absolute atomic E-state index is 0.120. The SMILES string of the molecule is CN=C(NCc1cccc(COC(C)(C)C)c1)N1CCC(COC)C1. The number of guanidine groups is 1. The van der Waals surface area contributed by atoms with Crippen LogP contribution in [0.15, 0.2) is 29.3 Å². The van der Waals surface area contributed by atoms with Crippen molar-refractivity contribution >= 4 is 5.96 Å². The molecule has 0 amide bonds. The molecule has 1 aliphatic heterocycles. The zero-order valence-electron chi connectivity index (χ0n) is 16.3. The molecule has 0 bridgehead atoms. The molecule has 5 heteroatoms. The van der Waals surface area contributed by atoms with Crippen LogP contribution in [0.3, 0.4) is 0 Å². The Morgan fingerprint density at radius 2 is 2.08 bits per heavy atom. The van der Waals surface area contributed by atoms with Gasteiger partial charge >= 0.3 is 0 Å². The van der Waals surface area contributed by atoms with Crippen molar-refractivity contribution < 1.29 is 9.47 Å². The lowest BCUT2D eigenvalue weighted by Gasteiger charge is -2.22. The minimum Gasteiger partial charge on any atom is -0.384 e. The second kappa shape index (κ2) is 9.20. The van der Waals surface area contributed by atoms with Gasteiger partial charge in [0.15, 0.2) is 5.96 Å². The number of rotatable bonds is 6. The van der Waals surface area contributed by atoms with Gasteiger partial charge < -0.3 is 19.7 Å². The monoisotopic (exact) mass is 347 g/mol. The Labute approximate surface area is 152 Å². The van der Waals surface area contributed by atoms with Gasteiger partial charge in [0, 0.05) is 39.7 Å². The number of nitrogens with zero attached hydrogens (tertiary/aromatic N) is 2. The predicted octanol–water partition coefficient (Wildman–Crippen LogP) is 3.05. The van der Waals surface area contributed by atoms with E-state index >= 15 is 0 Å². The number of benzene rings is 1. The standard InChI is InChI=1S/C20H33N3O2/c1-20(2,3)25-15-17-8-6-7-16(11-17)12-22-19(21-4)23-10-9-18(13-23)14-24-5/h6-8,11,18H,9-10,12-15H2,1-5H3,(H,21,22). The Balaban J connectivity index is 1.87. The lowest BCUT2D eigenvalue weighted by molar-refractivity contribution is -0.0149. The van der Waals surface area contributed by atoms with Gasteiger partial charge in [0.2, 0.25) is 0 Å². The van der Waals surface area contributed by atoms with Crippen LogP contribution in [0.4, 0.5) is 0 Å². The summed E-state index contributed by atoms with van der Waals surface area (Å²) in [6, 6.07) is 8.54. The fourth-order valence-corrected chi connectivity index (χ4v) is 3.04. The van der Waals surface area contributed by atoms with Gasteiger partial charge in [0.25, 0.3) is 0 Å². The highest BCUT2D eigenvalue weighted by atomic mass is 16.5. The van der Waals surface area contributed by atoms with Crippen molar-refractivity contribution in [2.75, 3.05) is 33.9 Å². The topological polar surface area (TPSA) is 46.1 Å². The normalized spacial score (nSPS) is 18.7. The molecule has 2 rings (SSSR count). The Bertz CT molecular complexity index is 566. The lowest BCUT2D eigenvalue weighted by atomic mass is 10.1. The molecule has 1 atom stereocenters. The second-order valence-corrected chi connectivity index (χ2v) is 7.68. The van der Waals surface area contributed by atoms with Crippen LogP contribution in [-0.4, -0.2) is 50.3 Å². The number of likely N-dealkylation sites (tertiary alicyclic amines) is 1. The second-order valence-electron chi connectivity index (χ2n) is 7.68. The van der Waals surface area contributed by atoms with Crippen LogP contribution in [0.25, 0.3) is 0 Å². The van der Waals surface area contributed by atoms with E-state index in [1.54, 1.807) is 7.11 Å². The minimum atomic E-state index is -0.120. The molecular formula is C20H33N3O2. The van der Waals surface area contributed by atoms with Crippen LogP contribution in [-0.2, 0) is 22.6 Å². The molecule has 25 heavy (non-hydrogen) atoms. The third-order valence-electron chi connectivity index (χ3n) is 4.31. The van der Waals surface area contributed by atoms with Gasteiger partial charge in [-0.3, -0.25) is 4.99 Å². The predicted molar refractivity (Wildman–Crippen MR) is 103 cm³/mol. The van der Waals surface area contributed by atoms with Crippen molar-refractivity contribution in [3.8, 4) is 0 Å². The Morgan fingerprint density at radius 1 is 1.32 bits per heavy atom. The lowest BCUT2D eigenvalue weighted by Crippen LogP contribution is -2.39. The van der Waals surface area contributed by atoms with Crippen molar-refractivity contribution in [1.29, 1.82) is 0 Å². The van der Waals surface area contributed by atoms with Crippen LogP contribution < -0.4 is 5.32 Å². The third-order valence-corrected chi connectivity index (χ3v) is 4.31. The van der Waals surface area contributed by atoms with Crippen molar-refractivity contribution in [2.24, 2.45) is 10.9 Å². The number of ether oxygens (including phenoxy) is 2. The molecule has 1 aromatic carbocycles. The summed E-state index contributed by atoms with van der Waals surface area (Å²) in [4.78, 5) is 6.75. The van der Waals surface area contributed by atoms with E-state index in [9.17, 15) is 0 Å². The summed E-state index contributed by atoms with van der Waals surface area (Å²) in [5.74, 6) is 1.57. The molecule has 1 N–H and O–H groups in total.